The van der Waals surface area contributed by atoms with Crippen molar-refractivity contribution in [2.45, 2.75) is 20.3 Å². The zero-order chi connectivity index (χ0) is 12.7. The highest BCUT2D eigenvalue weighted by molar-refractivity contribution is 5.38. The van der Waals surface area contributed by atoms with E-state index in [1.165, 1.54) is 11.1 Å². The van der Waals surface area contributed by atoms with Gasteiger partial charge in [0.15, 0.2) is 0 Å². The minimum atomic E-state index is 1.03. The summed E-state index contributed by atoms with van der Waals surface area (Å²) in [5, 5.41) is 0. The molecule has 1 aliphatic rings. The molecule has 0 spiro atoms. The molecular formula is C16H21N. The molecule has 0 amide bonds. The van der Waals surface area contributed by atoms with Crippen LogP contribution in [0.4, 0.5) is 0 Å². The highest BCUT2D eigenvalue weighted by Gasteiger charge is 1.93. The predicted octanol–water partition coefficient (Wildman–Crippen LogP) is 4.35. The highest BCUT2D eigenvalue weighted by Crippen LogP contribution is 2.10. The van der Waals surface area contributed by atoms with Gasteiger partial charge in [0.05, 0.1) is 0 Å². The van der Waals surface area contributed by atoms with Crippen molar-refractivity contribution in [3.8, 4) is 0 Å². The molecule has 0 fully saturated rings. The molecule has 0 aliphatic carbocycles. The van der Waals surface area contributed by atoms with Crippen molar-refractivity contribution in [3.63, 3.8) is 0 Å². The Morgan fingerprint density at radius 2 is 1.94 bits per heavy atom. The minimum absolute atomic E-state index is 1.03. The van der Waals surface area contributed by atoms with Crippen molar-refractivity contribution in [3.05, 3.63) is 72.2 Å². The number of allylic oxidation sites excluding steroid dienone is 9. The van der Waals surface area contributed by atoms with Crippen LogP contribution >= 0.6 is 0 Å². The largest absolute Gasteiger partial charge is 0.357 e. The molecule has 1 aliphatic heterocycles. The second-order valence-corrected chi connectivity index (χ2v) is 4.24. The highest BCUT2D eigenvalue weighted by atomic mass is 15.0. The lowest BCUT2D eigenvalue weighted by atomic mass is 10.1. The van der Waals surface area contributed by atoms with Crippen LogP contribution in [0.3, 0.4) is 0 Å². The number of hydrogen-bond donors (Lipinski definition) is 0. The van der Waals surface area contributed by atoms with E-state index in [4.69, 9.17) is 0 Å². The lowest BCUT2D eigenvalue weighted by Crippen LogP contribution is -2.02. The molecule has 1 heterocycles. The number of hydrogen-bond acceptors (Lipinski definition) is 1. The first-order valence-electron chi connectivity index (χ1n) is 5.94. The van der Waals surface area contributed by atoms with Crippen LogP contribution in [0.1, 0.15) is 20.3 Å². The molecule has 0 aromatic carbocycles. The monoisotopic (exact) mass is 227 g/mol. The first kappa shape index (κ1) is 13.3. The van der Waals surface area contributed by atoms with Crippen LogP contribution in [-0.4, -0.2) is 11.9 Å². The molecule has 0 radical (unpaired) electrons. The summed E-state index contributed by atoms with van der Waals surface area (Å²) in [6.07, 6.45) is 17.8. The fourth-order valence-corrected chi connectivity index (χ4v) is 1.37. The van der Waals surface area contributed by atoms with Gasteiger partial charge in [0.25, 0.3) is 0 Å². The van der Waals surface area contributed by atoms with Crippen LogP contribution in [0.25, 0.3) is 0 Å². The second-order valence-electron chi connectivity index (χ2n) is 4.24. The zero-order valence-corrected chi connectivity index (χ0v) is 11.0. The summed E-state index contributed by atoms with van der Waals surface area (Å²) in [6, 6.07) is 0. The van der Waals surface area contributed by atoms with Gasteiger partial charge in [-0.3, -0.25) is 0 Å². The summed E-state index contributed by atoms with van der Waals surface area (Å²) in [5.74, 6) is 0. The van der Waals surface area contributed by atoms with Gasteiger partial charge < -0.3 is 4.90 Å². The van der Waals surface area contributed by atoms with Gasteiger partial charge in [-0.2, -0.15) is 0 Å². The quantitative estimate of drug-likeness (QED) is 0.645. The predicted molar refractivity (Wildman–Crippen MR) is 76.5 cm³/mol. The van der Waals surface area contributed by atoms with Gasteiger partial charge >= 0.3 is 0 Å². The Balaban J connectivity index is 2.73. The van der Waals surface area contributed by atoms with Gasteiger partial charge in [-0.25, -0.2) is 0 Å². The van der Waals surface area contributed by atoms with E-state index in [0.717, 1.165) is 12.0 Å². The average molecular weight is 227 g/mol. The third-order valence-electron chi connectivity index (χ3n) is 2.48. The zero-order valence-electron chi connectivity index (χ0n) is 11.0. The van der Waals surface area contributed by atoms with Gasteiger partial charge in [-0.05, 0) is 36.6 Å². The van der Waals surface area contributed by atoms with Gasteiger partial charge in [0.1, 0.15) is 0 Å². The van der Waals surface area contributed by atoms with Gasteiger partial charge in [-0.1, -0.05) is 43.4 Å². The molecule has 0 bridgehead atoms. The van der Waals surface area contributed by atoms with Gasteiger partial charge in [0, 0.05) is 19.4 Å². The van der Waals surface area contributed by atoms with Crippen LogP contribution in [0, 0.1) is 0 Å². The summed E-state index contributed by atoms with van der Waals surface area (Å²) in [6.45, 7) is 8.03. The molecule has 0 saturated carbocycles. The van der Waals surface area contributed by atoms with E-state index in [-0.39, 0.29) is 0 Å². The topological polar surface area (TPSA) is 3.24 Å². The Labute approximate surface area is 105 Å². The Hall–Kier alpha value is -1.76. The maximum Gasteiger partial charge on any atom is 0.0106 e. The lowest BCUT2D eigenvalue weighted by Gasteiger charge is -2.11. The van der Waals surface area contributed by atoms with Crippen molar-refractivity contribution in [2.24, 2.45) is 0 Å². The van der Waals surface area contributed by atoms with Crippen LogP contribution in [0.5, 0.6) is 0 Å². The molecule has 0 atom stereocenters. The Morgan fingerprint density at radius 3 is 2.47 bits per heavy atom. The molecular weight excluding hydrogens is 206 g/mol. The van der Waals surface area contributed by atoms with Gasteiger partial charge in [0.2, 0.25) is 0 Å². The fourth-order valence-electron chi connectivity index (χ4n) is 1.37. The van der Waals surface area contributed by atoms with E-state index < -0.39 is 0 Å². The summed E-state index contributed by atoms with van der Waals surface area (Å²) in [5.41, 5.74) is 3.61. The molecule has 17 heavy (non-hydrogen) atoms. The van der Waals surface area contributed by atoms with E-state index in [2.05, 4.69) is 56.3 Å². The van der Waals surface area contributed by atoms with E-state index >= 15 is 0 Å². The maximum absolute atomic E-state index is 3.86. The van der Waals surface area contributed by atoms with E-state index in [1.54, 1.807) is 0 Å². The number of nitrogens with zero attached hydrogens (tertiary/aromatic N) is 1. The molecule has 1 nitrogen and oxygen atoms in total. The van der Waals surface area contributed by atoms with Crippen molar-refractivity contribution >= 4 is 0 Å². The summed E-state index contributed by atoms with van der Waals surface area (Å²) < 4.78 is 0. The fraction of sp³-hybridized carbons (Fsp3) is 0.250. The van der Waals surface area contributed by atoms with Gasteiger partial charge in [-0.15, -0.1) is 0 Å². The third-order valence-corrected chi connectivity index (χ3v) is 2.48. The average Bonchev–Trinajstić information content (AvgIpc) is 2.31. The third kappa shape index (κ3) is 5.21. The minimum Gasteiger partial charge on any atom is -0.357 e. The van der Waals surface area contributed by atoms with Crippen molar-refractivity contribution in [1.29, 1.82) is 0 Å². The molecule has 0 aromatic rings. The molecule has 1 rings (SSSR count). The standard InChI is InChI=1S/C16H21N/c1-5-15(7-6-14(2)3)8-9-16-10-12-17(4)13-11-16/h6-13H,2,5H2,1,3-4H3/b7-6-,15-8-. The van der Waals surface area contributed by atoms with Crippen LogP contribution in [0.15, 0.2) is 72.2 Å². The normalized spacial score (nSPS) is 15.8. The molecule has 1 heteroatoms. The van der Waals surface area contributed by atoms with E-state index in [0.29, 0.717) is 0 Å². The molecule has 0 unspecified atom stereocenters. The Morgan fingerprint density at radius 1 is 1.29 bits per heavy atom. The van der Waals surface area contributed by atoms with Crippen molar-refractivity contribution in [1.82, 2.24) is 4.90 Å². The molecule has 0 N–H and O–H groups in total. The summed E-state index contributed by atoms with van der Waals surface area (Å²) >= 11 is 0. The summed E-state index contributed by atoms with van der Waals surface area (Å²) in [4.78, 5) is 2.03. The maximum atomic E-state index is 3.86. The van der Waals surface area contributed by atoms with Crippen molar-refractivity contribution < 1.29 is 0 Å². The van der Waals surface area contributed by atoms with Crippen LogP contribution in [0.2, 0.25) is 0 Å². The number of rotatable bonds is 4. The Kier molecular flexibility index (Phi) is 5.28. The van der Waals surface area contributed by atoms with Crippen LogP contribution in [-0.2, 0) is 0 Å². The smallest absolute Gasteiger partial charge is 0.0106 e. The second kappa shape index (κ2) is 6.74. The van der Waals surface area contributed by atoms with E-state index in [1.807, 2.05) is 24.9 Å². The molecule has 0 saturated heterocycles. The lowest BCUT2D eigenvalue weighted by molar-refractivity contribution is 0.620. The Bertz CT molecular complexity index is 401. The first-order chi connectivity index (χ1) is 8.11. The first-order valence-corrected chi connectivity index (χ1v) is 5.94. The van der Waals surface area contributed by atoms with Crippen molar-refractivity contribution in [2.75, 3.05) is 7.05 Å². The molecule has 0 aromatic heterocycles. The molecule has 90 valence electrons. The van der Waals surface area contributed by atoms with E-state index in [9.17, 15) is 0 Å². The SMILES string of the molecule is C=C(C)/C=C\C(=C/C=C1C=CN(C)C=C1)CC. The summed E-state index contributed by atoms with van der Waals surface area (Å²) in [7, 11) is 2.02. The van der Waals surface area contributed by atoms with Crippen LogP contribution < -0.4 is 0 Å².